The van der Waals surface area contributed by atoms with Crippen LogP contribution in [0.3, 0.4) is 0 Å². The lowest BCUT2D eigenvalue weighted by Crippen LogP contribution is -2.07. The molecule has 0 heterocycles. The molecule has 0 aliphatic rings. The Kier molecular flexibility index (Phi) is 4.42. The summed E-state index contributed by atoms with van der Waals surface area (Å²) in [5.41, 5.74) is 12.4. The number of nitrogen functional groups attached to an aromatic ring is 2. The van der Waals surface area contributed by atoms with Crippen LogP contribution in [-0.4, -0.2) is 6.10 Å². The number of nitrogens with two attached hydrogens (primary N) is 2. The van der Waals surface area contributed by atoms with Gasteiger partial charge in [-0.25, -0.2) is 0 Å². The van der Waals surface area contributed by atoms with E-state index in [1.54, 1.807) is 18.2 Å². The van der Waals surface area contributed by atoms with Crippen LogP contribution in [0.15, 0.2) is 18.2 Å². The molecule has 4 heteroatoms. The van der Waals surface area contributed by atoms with E-state index in [0.717, 1.165) is 0 Å². The Bertz CT molecular complexity index is 276. The first kappa shape index (κ1) is 11.9. The summed E-state index contributed by atoms with van der Waals surface area (Å²) in [5, 5.41) is 0. The van der Waals surface area contributed by atoms with Crippen molar-refractivity contribution in [2.45, 2.75) is 20.0 Å². The topological polar surface area (TPSA) is 61.3 Å². The van der Waals surface area contributed by atoms with Gasteiger partial charge in [-0.2, -0.15) is 0 Å². The first-order valence-electron chi connectivity index (χ1n) is 3.91. The second-order valence-corrected chi connectivity index (χ2v) is 2.96. The third-order valence-electron chi connectivity index (χ3n) is 1.40. The van der Waals surface area contributed by atoms with Gasteiger partial charge in [0.2, 0.25) is 0 Å². The van der Waals surface area contributed by atoms with Gasteiger partial charge in [0, 0.05) is 5.69 Å². The van der Waals surface area contributed by atoms with Crippen LogP contribution in [0.5, 0.6) is 5.75 Å². The molecule has 1 aromatic rings. The van der Waals surface area contributed by atoms with Crippen LogP contribution >= 0.6 is 12.4 Å². The fourth-order valence-corrected chi connectivity index (χ4v) is 0.928. The highest BCUT2D eigenvalue weighted by Gasteiger charge is 2.01. The van der Waals surface area contributed by atoms with Crippen LogP contribution in [-0.2, 0) is 0 Å². The van der Waals surface area contributed by atoms with Crippen molar-refractivity contribution in [3.8, 4) is 5.75 Å². The number of hydrogen-bond donors (Lipinski definition) is 2. The minimum absolute atomic E-state index is 0. The van der Waals surface area contributed by atoms with Crippen LogP contribution < -0.4 is 16.2 Å². The molecular formula is C9H15ClN2O. The summed E-state index contributed by atoms with van der Waals surface area (Å²) in [4.78, 5) is 0. The fourth-order valence-electron chi connectivity index (χ4n) is 0.928. The minimum atomic E-state index is 0. The van der Waals surface area contributed by atoms with E-state index >= 15 is 0 Å². The fraction of sp³-hybridized carbons (Fsp3) is 0.333. The molecule has 1 rings (SSSR count). The molecule has 0 amide bonds. The smallest absolute Gasteiger partial charge is 0.142 e. The van der Waals surface area contributed by atoms with Crippen molar-refractivity contribution in [2.24, 2.45) is 0 Å². The van der Waals surface area contributed by atoms with Gasteiger partial charge in [-0.1, -0.05) is 0 Å². The van der Waals surface area contributed by atoms with E-state index in [9.17, 15) is 0 Å². The standard InChI is InChI=1S/C9H14N2O.ClH/c1-6(2)12-9-4-3-7(10)5-8(9)11;/h3-6H,10-11H2,1-2H3;1H. The van der Waals surface area contributed by atoms with Crippen molar-refractivity contribution < 1.29 is 4.74 Å². The Morgan fingerprint density at radius 2 is 1.85 bits per heavy atom. The van der Waals surface area contributed by atoms with Gasteiger partial charge < -0.3 is 16.2 Å². The van der Waals surface area contributed by atoms with E-state index in [1.165, 1.54) is 0 Å². The maximum Gasteiger partial charge on any atom is 0.142 e. The molecule has 0 saturated carbocycles. The molecule has 74 valence electrons. The van der Waals surface area contributed by atoms with Crippen LogP contribution in [0.4, 0.5) is 11.4 Å². The van der Waals surface area contributed by atoms with E-state index < -0.39 is 0 Å². The van der Waals surface area contributed by atoms with Gasteiger partial charge in [0.05, 0.1) is 11.8 Å². The molecule has 1 aromatic carbocycles. The summed E-state index contributed by atoms with van der Waals surface area (Å²) in [5.74, 6) is 0.694. The average molecular weight is 203 g/mol. The second-order valence-electron chi connectivity index (χ2n) is 2.96. The maximum atomic E-state index is 5.66. The molecule has 3 nitrogen and oxygen atoms in total. The lowest BCUT2D eigenvalue weighted by molar-refractivity contribution is 0.244. The predicted octanol–water partition coefficient (Wildman–Crippen LogP) is 2.06. The molecule has 0 aromatic heterocycles. The molecular weight excluding hydrogens is 188 g/mol. The second kappa shape index (κ2) is 4.82. The molecule has 0 radical (unpaired) electrons. The lowest BCUT2D eigenvalue weighted by atomic mass is 10.2. The van der Waals surface area contributed by atoms with Gasteiger partial charge in [0.25, 0.3) is 0 Å². The summed E-state index contributed by atoms with van der Waals surface area (Å²) >= 11 is 0. The van der Waals surface area contributed by atoms with E-state index in [0.29, 0.717) is 17.1 Å². The van der Waals surface area contributed by atoms with Crippen LogP contribution in [0, 0.1) is 0 Å². The molecule has 0 unspecified atom stereocenters. The monoisotopic (exact) mass is 202 g/mol. The van der Waals surface area contributed by atoms with Crippen molar-refractivity contribution in [3.05, 3.63) is 18.2 Å². The van der Waals surface area contributed by atoms with Gasteiger partial charge in [0.1, 0.15) is 5.75 Å². The molecule has 0 atom stereocenters. The summed E-state index contributed by atoms with van der Waals surface area (Å²) < 4.78 is 5.42. The number of rotatable bonds is 2. The number of hydrogen-bond acceptors (Lipinski definition) is 3. The molecule has 4 N–H and O–H groups in total. The number of ether oxygens (including phenoxy) is 1. The Balaban J connectivity index is 0.00000144. The summed E-state index contributed by atoms with van der Waals surface area (Å²) in [6.45, 7) is 3.91. The summed E-state index contributed by atoms with van der Waals surface area (Å²) in [6.07, 6.45) is 0.135. The molecule has 0 aliphatic heterocycles. The molecule has 0 saturated heterocycles. The van der Waals surface area contributed by atoms with Crippen molar-refractivity contribution >= 4 is 23.8 Å². The van der Waals surface area contributed by atoms with Gasteiger partial charge in [-0.3, -0.25) is 0 Å². The first-order chi connectivity index (χ1) is 5.59. The molecule has 0 bridgehead atoms. The van der Waals surface area contributed by atoms with Crippen molar-refractivity contribution in [2.75, 3.05) is 11.5 Å². The number of halogens is 1. The zero-order valence-electron chi connectivity index (χ0n) is 7.78. The van der Waals surface area contributed by atoms with Gasteiger partial charge in [-0.15, -0.1) is 12.4 Å². The molecule has 0 fully saturated rings. The van der Waals surface area contributed by atoms with Crippen LogP contribution in [0.25, 0.3) is 0 Å². The summed E-state index contributed by atoms with van der Waals surface area (Å²) in [7, 11) is 0. The third kappa shape index (κ3) is 3.42. The number of benzene rings is 1. The van der Waals surface area contributed by atoms with E-state index in [-0.39, 0.29) is 18.5 Å². The van der Waals surface area contributed by atoms with Crippen LogP contribution in [0.2, 0.25) is 0 Å². The van der Waals surface area contributed by atoms with Crippen molar-refractivity contribution in [1.29, 1.82) is 0 Å². The summed E-state index contributed by atoms with van der Waals surface area (Å²) in [6, 6.07) is 5.25. The highest BCUT2D eigenvalue weighted by Crippen LogP contribution is 2.24. The maximum absolute atomic E-state index is 5.66. The Morgan fingerprint density at radius 3 is 2.31 bits per heavy atom. The van der Waals surface area contributed by atoms with Crippen molar-refractivity contribution in [1.82, 2.24) is 0 Å². The van der Waals surface area contributed by atoms with Crippen LogP contribution in [0.1, 0.15) is 13.8 Å². The van der Waals surface area contributed by atoms with E-state index in [1.807, 2.05) is 13.8 Å². The van der Waals surface area contributed by atoms with Gasteiger partial charge >= 0.3 is 0 Å². The van der Waals surface area contributed by atoms with Crippen molar-refractivity contribution in [3.63, 3.8) is 0 Å². The first-order valence-corrected chi connectivity index (χ1v) is 3.91. The molecule has 0 aliphatic carbocycles. The zero-order chi connectivity index (χ0) is 9.14. The highest BCUT2D eigenvalue weighted by molar-refractivity contribution is 5.85. The average Bonchev–Trinajstić information content (AvgIpc) is 1.94. The SMILES string of the molecule is CC(C)Oc1ccc(N)cc1N.Cl. The van der Waals surface area contributed by atoms with Gasteiger partial charge in [0.15, 0.2) is 0 Å². The quantitative estimate of drug-likeness (QED) is 0.722. The lowest BCUT2D eigenvalue weighted by Gasteiger charge is -2.11. The van der Waals surface area contributed by atoms with Gasteiger partial charge in [-0.05, 0) is 32.0 Å². The third-order valence-corrected chi connectivity index (χ3v) is 1.40. The Morgan fingerprint density at radius 1 is 1.23 bits per heavy atom. The van der Waals surface area contributed by atoms with E-state index in [4.69, 9.17) is 16.2 Å². The highest BCUT2D eigenvalue weighted by atomic mass is 35.5. The molecule has 13 heavy (non-hydrogen) atoms. The normalized spacial score (nSPS) is 9.46. The largest absolute Gasteiger partial charge is 0.489 e. The Hall–Kier alpha value is -1.09. The Labute approximate surface area is 84.5 Å². The predicted molar refractivity (Wildman–Crippen MR) is 58.3 cm³/mol. The van der Waals surface area contributed by atoms with E-state index in [2.05, 4.69) is 0 Å². The zero-order valence-corrected chi connectivity index (χ0v) is 8.60. The number of anilines is 2. The molecule has 0 spiro atoms. The minimum Gasteiger partial charge on any atom is -0.489 e.